The Labute approximate surface area is 207 Å². The van der Waals surface area contributed by atoms with Crippen molar-refractivity contribution in [2.45, 2.75) is 12.8 Å². The zero-order chi connectivity index (χ0) is 24.4. The summed E-state index contributed by atoms with van der Waals surface area (Å²) in [6.45, 7) is 0.979. The van der Waals surface area contributed by atoms with Gasteiger partial charge in [0.2, 0.25) is 11.8 Å². The molecule has 0 atom stereocenters. The maximum atomic E-state index is 13.0. The largest absolute Gasteiger partial charge is 0.496 e. The molecule has 1 N–H and O–H groups in total. The fraction of sp³-hybridized carbons (Fsp3) is 0.222. The van der Waals surface area contributed by atoms with Crippen LogP contribution in [0.15, 0.2) is 71.1 Å². The van der Waals surface area contributed by atoms with E-state index in [0.717, 1.165) is 16.7 Å². The van der Waals surface area contributed by atoms with Gasteiger partial charge < -0.3 is 19.4 Å². The minimum absolute atomic E-state index is 0.0490. The average Bonchev–Trinajstić information content (AvgIpc) is 3.33. The van der Waals surface area contributed by atoms with E-state index in [1.54, 1.807) is 23.1 Å². The third-order valence-electron chi connectivity index (χ3n) is 6.24. The minimum atomic E-state index is -0.169. The topological polar surface area (TPSA) is 84.7 Å². The first-order valence-electron chi connectivity index (χ1n) is 11.4. The number of hydrogen-bond donors (Lipinski definition) is 1. The van der Waals surface area contributed by atoms with Crippen molar-refractivity contribution in [3.8, 4) is 17.2 Å². The lowest BCUT2D eigenvalue weighted by molar-refractivity contribution is -0.121. The molecule has 0 saturated carbocycles. The Bertz CT molecular complexity index is 1340. The minimum Gasteiger partial charge on any atom is -0.496 e. The smallest absolute Gasteiger partial charge is 0.257 e. The van der Waals surface area contributed by atoms with Gasteiger partial charge in [0.15, 0.2) is 5.58 Å². The number of rotatable bonds is 5. The number of methoxy groups -OCH3 is 1. The van der Waals surface area contributed by atoms with Crippen molar-refractivity contribution in [2.24, 2.45) is 5.92 Å². The number of carbonyl (C=O) groups excluding carboxylic acids is 2. The zero-order valence-corrected chi connectivity index (χ0v) is 19.9. The van der Waals surface area contributed by atoms with Crippen molar-refractivity contribution in [1.29, 1.82) is 0 Å². The van der Waals surface area contributed by atoms with Gasteiger partial charge in [0.25, 0.3) is 5.91 Å². The van der Waals surface area contributed by atoms with Gasteiger partial charge in [-0.2, -0.15) is 0 Å². The van der Waals surface area contributed by atoms with Crippen LogP contribution in [0.2, 0.25) is 5.02 Å². The van der Waals surface area contributed by atoms with E-state index in [-0.39, 0.29) is 17.7 Å². The zero-order valence-electron chi connectivity index (χ0n) is 19.2. The molecule has 1 aromatic heterocycles. The standard InChI is InChI=1S/C27H24ClN3O4/c1-34-23-11-8-19(28)16-21(23)27(33)31-14-12-17(13-15-31)25(32)29-20-9-6-18(7-10-20)26-30-22-4-2-3-5-24(22)35-26/h2-11,16-17H,12-15H2,1H3,(H,29,32). The highest BCUT2D eigenvalue weighted by atomic mass is 35.5. The van der Waals surface area contributed by atoms with Crippen molar-refractivity contribution >= 4 is 40.2 Å². The van der Waals surface area contributed by atoms with Gasteiger partial charge in [-0.1, -0.05) is 23.7 Å². The third-order valence-corrected chi connectivity index (χ3v) is 6.47. The van der Waals surface area contributed by atoms with Crippen molar-refractivity contribution in [3.63, 3.8) is 0 Å². The lowest BCUT2D eigenvalue weighted by Crippen LogP contribution is -2.41. The second-order valence-electron chi connectivity index (χ2n) is 8.46. The Morgan fingerprint density at radius 2 is 1.80 bits per heavy atom. The molecule has 0 aliphatic carbocycles. The molecule has 178 valence electrons. The molecular formula is C27H24ClN3O4. The Hall–Kier alpha value is -3.84. The van der Waals surface area contributed by atoms with E-state index in [4.69, 9.17) is 20.8 Å². The van der Waals surface area contributed by atoms with Crippen LogP contribution in [0.25, 0.3) is 22.6 Å². The molecule has 3 aromatic carbocycles. The summed E-state index contributed by atoms with van der Waals surface area (Å²) in [5.74, 6) is 0.667. The fourth-order valence-electron chi connectivity index (χ4n) is 4.30. The Balaban J connectivity index is 1.18. The molecule has 1 aliphatic rings. The van der Waals surface area contributed by atoms with Gasteiger partial charge in [-0.25, -0.2) is 4.98 Å². The number of benzene rings is 3. The number of hydrogen-bond acceptors (Lipinski definition) is 5. The molecule has 1 fully saturated rings. The summed E-state index contributed by atoms with van der Waals surface area (Å²) < 4.78 is 11.1. The predicted molar refractivity (Wildman–Crippen MR) is 135 cm³/mol. The highest BCUT2D eigenvalue weighted by Crippen LogP contribution is 2.28. The molecule has 0 radical (unpaired) electrons. The molecule has 0 unspecified atom stereocenters. The first-order valence-corrected chi connectivity index (χ1v) is 11.8. The van der Waals surface area contributed by atoms with Crippen LogP contribution < -0.4 is 10.1 Å². The monoisotopic (exact) mass is 489 g/mol. The number of oxazole rings is 1. The van der Waals surface area contributed by atoms with Crippen LogP contribution in [0.3, 0.4) is 0 Å². The molecule has 7 nitrogen and oxygen atoms in total. The number of halogens is 1. The first-order chi connectivity index (χ1) is 17.0. The number of amides is 2. The van der Waals surface area contributed by atoms with E-state index < -0.39 is 0 Å². The van der Waals surface area contributed by atoms with Crippen LogP contribution in [0.1, 0.15) is 23.2 Å². The van der Waals surface area contributed by atoms with Crippen molar-refractivity contribution < 1.29 is 18.7 Å². The molecular weight excluding hydrogens is 466 g/mol. The maximum Gasteiger partial charge on any atom is 0.257 e. The van der Waals surface area contributed by atoms with E-state index in [9.17, 15) is 9.59 Å². The predicted octanol–water partition coefficient (Wildman–Crippen LogP) is 5.65. The molecule has 35 heavy (non-hydrogen) atoms. The van der Waals surface area contributed by atoms with Crippen molar-refractivity contribution in [3.05, 3.63) is 77.3 Å². The second kappa shape index (κ2) is 9.80. The molecule has 1 aliphatic heterocycles. The molecule has 8 heteroatoms. The molecule has 2 amide bonds. The Kier molecular flexibility index (Phi) is 6.42. The summed E-state index contributed by atoms with van der Waals surface area (Å²) >= 11 is 6.07. The number of piperidine rings is 1. The number of nitrogens with one attached hydrogen (secondary N) is 1. The number of anilines is 1. The molecule has 0 bridgehead atoms. The Morgan fingerprint density at radius 1 is 1.06 bits per heavy atom. The quantitative estimate of drug-likeness (QED) is 0.391. The normalized spacial score (nSPS) is 14.2. The SMILES string of the molecule is COc1ccc(Cl)cc1C(=O)N1CCC(C(=O)Nc2ccc(-c3nc4ccccc4o3)cc2)CC1. The summed E-state index contributed by atoms with van der Waals surface area (Å²) in [6, 6.07) is 20.0. The second-order valence-corrected chi connectivity index (χ2v) is 8.90. The lowest BCUT2D eigenvalue weighted by Gasteiger charge is -2.31. The number of fused-ring (bicyclic) bond motifs is 1. The van der Waals surface area contributed by atoms with Crippen LogP contribution in [0, 0.1) is 5.92 Å². The number of aromatic nitrogens is 1. The summed E-state index contributed by atoms with van der Waals surface area (Å²) in [5.41, 5.74) is 3.51. The molecule has 0 spiro atoms. The van der Waals surface area contributed by atoms with E-state index in [1.807, 2.05) is 48.5 Å². The van der Waals surface area contributed by atoms with Gasteiger partial charge in [-0.3, -0.25) is 9.59 Å². The summed E-state index contributed by atoms with van der Waals surface area (Å²) in [6.07, 6.45) is 1.17. The van der Waals surface area contributed by atoms with Crippen LogP contribution >= 0.6 is 11.6 Å². The number of nitrogens with zero attached hydrogens (tertiary/aromatic N) is 2. The van der Waals surface area contributed by atoms with E-state index in [1.165, 1.54) is 7.11 Å². The van der Waals surface area contributed by atoms with Crippen LogP contribution in [0.5, 0.6) is 5.75 Å². The van der Waals surface area contributed by atoms with Gasteiger partial charge in [0.05, 0.1) is 12.7 Å². The van der Waals surface area contributed by atoms with Crippen LogP contribution in [0.4, 0.5) is 5.69 Å². The summed E-state index contributed by atoms with van der Waals surface area (Å²) in [4.78, 5) is 32.1. The van der Waals surface area contributed by atoms with Gasteiger partial charge in [0, 0.05) is 35.3 Å². The number of likely N-dealkylation sites (tertiary alicyclic amines) is 1. The van der Waals surface area contributed by atoms with Crippen molar-refractivity contribution in [1.82, 2.24) is 9.88 Å². The molecule has 4 aromatic rings. The number of ether oxygens (including phenoxy) is 1. The van der Waals surface area contributed by atoms with Gasteiger partial charge in [-0.15, -0.1) is 0 Å². The first kappa shape index (κ1) is 22.9. The van der Waals surface area contributed by atoms with Crippen LogP contribution in [-0.4, -0.2) is 41.9 Å². The Morgan fingerprint density at radius 3 is 2.51 bits per heavy atom. The fourth-order valence-corrected chi connectivity index (χ4v) is 4.47. The number of carbonyl (C=O) groups is 2. The summed E-state index contributed by atoms with van der Waals surface area (Å²) in [7, 11) is 1.52. The summed E-state index contributed by atoms with van der Waals surface area (Å²) in [5, 5.41) is 3.46. The lowest BCUT2D eigenvalue weighted by atomic mass is 9.95. The highest BCUT2D eigenvalue weighted by molar-refractivity contribution is 6.31. The van der Waals surface area contributed by atoms with Gasteiger partial charge in [-0.05, 0) is 67.4 Å². The maximum absolute atomic E-state index is 13.0. The number of para-hydroxylation sites is 2. The average molecular weight is 490 g/mol. The highest BCUT2D eigenvalue weighted by Gasteiger charge is 2.29. The van der Waals surface area contributed by atoms with E-state index >= 15 is 0 Å². The molecule has 1 saturated heterocycles. The molecule has 2 heterocycles. The van der Waals surface area contributed by atoms with Gasteiger partial charge >= 0.3 is 0 Å². The van der Waals surface area contributed by atoms with E-state index in [2.05, 4.69) is 10.3 Å². The van der Waals surface area contributed by atoms with Gasteiger partial charge in [0.1, 0.15) is 11.3 Å². The molecule has 5 rings (SSSR count). The van der Waals surface area contributed by atoms with Crippen molar-refractivity contribution in [2.75, 3.05) is 25.5 Å². The van der Waals surface area contributed by atoms with E-state index in [0.29, 0.717) is 53.8 Å². The van der Waals surface area contributed by atoms with Crippen LogP contribution in [-0.2, 0) is 4.79 Å². The third kappa shape index (κ3) is 4.86.